The number of H-pyrrole nitrogens is 1. The van der Waals surface area contributed by atoms with Crippen molar-refractivity contribution in [2.45, 2.75) is 33.1 Å². The van der Waals surface area contributed by atoms with Crippen molar-refractivity contribution in [2.24, 2.45) is 0 Å². The molecule has 0 saturated carbocycles. The van der Waals surface area contributed by atoms with Crippen molar-refractivity contribution in [3.8, 4) is 0 Å². The Bertz CT molecular complexity index is 296. The molecule has 1 N–H and O–H groups in total. The molecule has 0 aliphatic rings. The molecule has 0 amide bonds. The van der Waals surface area contributed by atoms with Crippen molar-refractivity contribution in [3.63, 3.8) is 0 Å². The molecule has 0 aliphatic heterocycles. The molecule has 0 radical (unpaired) electrons. The molecule has 0 saturated heterocycles. The summed E-state index contributed by atoms with van der Waals surface area (Å²) in [5.74, 6) is -0.396. The molecule has 1 heterocycles. The molecular formula is C9H15N3O2. The van der Waals surface area contributed by atoms with Crippen molar-refractivity contribution >= 4 is 5.97 Å². The first-order valence-corrected chi connectivity index (χ1v) is 4.86. The van der Waals surface area contributed by atoms with E-state index in [4.69, 9.17) is 4.74 Å². The van der Waals surface area contributed by atoms with Crippen LogP contribution in [0.2, 0.25) is 0 Å². The highest BCUT2D eigenvalue weighted by molar-refractivity contribution is 5.88. The predicted octanol–water partition coefficient (Wildman–Crippen LogP) is 1.32. The standard InChI is InChI=1S/C9H15N3O2/c1-3-5-6-7-8(11-12-10-7)9(13)14-4-2/h3-6H2,1-2H3,(H,10,11,12). The third-order valence-electron chi connectivity index (χ3n) is 1.86. The lowest BCUT2D eigenvalue weighted by atomic mass is 10.2. The lowest BCUT2D eigenvalue weighted by molar-refractivity contribution is 0.0518. The Kier molecular flexibility index (Phi) is 4.10. The van der Waals surface area contributed by atoms with Crippen LogP contribution < -0.4 is 0 Å². The van der Waals surface area contributed by atoms with Crippen LogP contribution in [0.5, 0.6) is 0 Å². The number of nitrogens with zero attached hydrogens (tertiary/aromatic N) is 2. The Morgan fingerprint density at radius 2 is 2.21 bits per heavy atom. The summed E-state index contributed by atoms with van der Waals surface area (Å²) < 4.78 is 4.85. The number of carbonyl (C=O) groups excluding carboxylic acids is 1. The Morgan fingerprint density at radius 1 is 1.43 bits per heavy atom. The smallest absolute Gasteiger partial charge is 0.360 e. The van der Waals surface area contributed by atoms with Crippen molar-refractivity contribution in [2.75, 3.05) is 6.61 Å². The SMILES string of the molecule is CCCCc1n[nH]nc1C(=O)OCC. The Labute approximate surface area is 82.8 Å². The number of hydrogen-bond acceptors (Lipinski definition) is 4. The number of aromatic amines is 1. The van der Waals surface area contributed by atoms with E-state index >= 15 is 0 Å². The van der Waals surface area contributed by atoms with Crippen molar-refractivity contribution in [1.29, 1.82) is 0 Å². The average molecular weight is 197 g/mol. The summed E-state index contributed by atoms with van der Waals surface area (Å²) in [6, 6.07) is 0. The number of rotatable bonds is 5. The zero-order chi connectivity index (χ0) is 10.4. The van der Waals surface area contributed by atoms with Crippen LogP contribution in [0, 0.1) is 0 Å². The zero-order valence-electron chi connectivity index (χ0n) is 8.54. The van der Waals surface area contributed by atoms with Gasteiger partial charge in [-0.3, -0.25) is 0 Å². The minimum Gasteiger partial charge on any atom is -0.461 e. The average Bonchev–Trinajstić information content (AvgIpc) is 2.63. The first kappa shape index (κ1) is 10.7. The molecule has 1 aromatic rings. The van der Waals surface area contributed by atoms with E-state index in [0.29, 0.717) is 18.0 Å². The molecular weight excluding hydrogens is 182 g/mol. The fourth-order valence-corrected chi connectivity index (χ4v) is 1.13. The molecule has 0 fully saturated rings. The number of carbonyl (C=O) groups is 1. The van der Waals surface area contributed by atoms with Gasteiger partial charge in [-0.25, -0.2) is 4.79 Å². The van der Waals surface area contributed by atoms with E-state index in [-0.39, 0.29) is 0 Å². The van der Waals surface area contributed by atoms with E-state index in [1.165, 1.54) is 0 Å². The number of nitrogens with one attached hydrogen (secondary N) is 1. The molecule has 5 nitrogen and oxygen atoms in total. The van der Waals surface area contributed by atoms with Crippen molar-refractivity contribution in [3.05, 3.63) is 11.4 Å². The summed E-state index contributed by atoms with van der Waals surface area (Å²) in [5, 5.41) is 10.1. The Hall–Kier alpha value is -1.39. The molecule has 5 heteroatoms. The van der Waals surface area contributed by atoms with Crippen LogP contribution in [0.4, 0.5) is 0 Å². The van der Waals surface area contributed by atoms with E-state index in [0.717, 1.165) is 19.3 Å². The highest BCUT2D eigenvalue weighted by Crippen LogP contribution is 2.07. The van der Waals surface area contributed by atoms with Gasteiger partial charge in [-0.15, -0.1) is 5.10 Å². The van der Waals surface area contributed by atoms with Crippen LogP contribution in [0.25, 0.3) is 0 Å². The first-order valence-electron chi connectivity index (χ1n) is 4.86. The fraction of sp³-hybridized carbons (Fsp3) is 0.667. The number of unbranched alkanes of at least 4 members (excludes halogenated alkanes) is 1. The summed E-state index contributed by atoms with van der Waals surface area (Å²) in [6.45, 7) is 4.22. The van der Waals surface area contributed by atoms with E-state index in [1.807, 2.05) is 0 Å². The second-order valence-electron chi connectivity index (χ2n) is 2.94. The number of hydrogen-bond donors (Lipinski definition) is 1. The summed E-state index contributed by atoms with van der Waals surface area (Å²) in [4.78, 5) is 11.3. The second kappa shape index (κ2) is 5.36. The topological polar surface area (TPSA) is 67.9 Å². The zero-order valence-corrected chi connectivity index (χ0v) is 8.54. The molecule has 1 aromatic heterocycles. The first-order chi connectivity index (χ1) is 6.79. The van der Waals surface area contributed by atoms with Crippen molar-refractivity contribution in [1.82, 2.24) is 15.4 Å². The van der Waals surface area contributed by atoms with Gasteiger partial charge in [0.25, 0.3) is 0 Å². The number of aromatic nitrogens is 3. The van der Waals surface area contributed by atoms with Crippen molar-refractivity contribution < 1.29 is 9.53 Å². The van der Waals surface area contributed by atoms with E-state index in [9.17, 15) is 4.79 Å². The van der Waals surface area contributed by atoms with Gasteiger partial charge in [-0.2, -0.15) is 10.3 Å². The van der Waals surface area contributed by atoms with Gasteiger partial charge in [-0.05, 0) is 19.8 Å². The second-order valence-corrected chi connectivity index (χ2v) is 2.94. The predicted molar refractivity (Wildman–Crippen MR) is 51.0 cm³/mol. The minimum atomic E-state index is -0.396. The third kappa shape index (κ3) is 2.55. The van der Waals surface area contributed by atoms with Gasteiger partial charge in [0.05, 0.1) is 12.3 Å². The molecule has 14 heavy (non-hydrogen) atoms. The third-order valence-corrected chi connectivity index (χ3v) is 1.86. The molecule has 0 spiro atoms. The van der Waals surface area contributed by atoms with Gasteiger partial charge >= 0.3 is 5.97 Å². The summed E-state index contributed by atoms with van der Waals surface area (Å²) >= 11 is 0. The molecule has 0 unspecified atom stereocenters. The summed E-state index contributed by atoms with van der Waals surface area (Å²) in [7, 11) is 0. The molecule has 0 aromatic carbocycles. The van der Waals surface area contributed by atoms with Crippen LogP contribution in [-0.4, -0.2) is 28.0 Å². The van der Waals surface area contributed by atoms with Gasteiger partial charge in [-0.1, -0.05) is 13.3 Å². The quantitative estimate of drug-likeness (QED) is 0.723. The largest absolute Gasteiger partial charge is 0.461 e. The molecule has 78 valence electrons. The maximum Gasteiger partial charge on any atom is 0.360 e. The Morgan fingerprint density at radius 3 is 2.86 bits per heavy atom. The molecule has 0 aliphatic carbocycles. The minimum absolute atomic E-state index is 0.320. The molecule has 1 rings (SSSR count). The van der Waals surface area contributed by atoms with E-state index < -0.39 is 5.97 Å². The van der Waals surface area contributed by atoms with Gasteiger partial charge in [0.2, 0.25) is 0 Å². The normalized spacial score (nSPS) is 10.1. The number of esters is 1. The highest BCUT2D eigenvalue weighted by Gasteiger charge is 2.16. The Balaban J connectivity index is 2.66. The highest BCUT2D eigenvalue weighted by atomic mass is 16.5. The summed E-state index contributed by atoms with van der Waals surface area (Å²) in [5.41, 5.74) is 1.02. The molecule has 0 atom stereocenters. The monoisotopic (exact) mass is 197 g/mol. The summed E-state index contributed by atoms with van der Waals surface area (Å²) in [6.07, 6.45) is 2.83. The van der Waals surface area contributed by atoms with Gasteiger partial charge in [0, 0.05) is 0 Å². The number of ether oxygens (including phenoxy) is 1. The number of aryl methyl sites for hydroxylation is 1. The van der Waals surface area contributed by atoms with Crippen LogP contribution in [0.15, 0.2) is 0 Å². The van der Waals surface area contributed by atoms with Gasteiger partial charge in [0.15, 0.2) is 5.69 Å². The van der Waals surface area contributed by atoms with Crippen LogP contribution in [0.3, 0.4) is 0 Å². The lowest BCUT2D eigenvalue weighted by Crippen LogP contribution is -2.08. The molecule has 0 bridgehead atoms. The maximum absolute atomic E-state index is 11.3. The van der Waals surface area contributed by atoms with E-state index in [1.54, 1.807) is 6.92 Å². The maximum atomic E-state index is 11.3. The van der Waals surface area contributed by atoms with E-state index in [2.05, 4.69) is 22.3 Å². The van der Waals surface area contributed by atoms with Crippen LogP contribution in [0.1, 0.15) is 42.9 Å². The van der Waals surface area contributed by atoms with Gasteiger partial charge < -0.3 is 4.74 Å². The van der Waals surface area contributed by atoms with Gasteiger partial charge in [0.1, 0.15) is 0 Å². The lowest BCUT2D eigenvalue weighted by Gasteiger charge is -1.99. The van der Waals surface area contributed by atoms with Crippen LogP contribution in [-0.2, 0) is 11.2 Å². The van der Waals surface area contributed by atoms with Crippen LogP contribution >= 0.6 is 0 Å². The fourth-order valence-electron chi connectivity index (χ4n) is 1.13.